The predicted molar refractivity (Wildman–Crippen MR) is 81.0 cm³/mol. The van der Waals surface area contributed by atoms with E-state index in [0.717, 1.165) is 11.1 Å². The maximum absolute atomic E-state index is 12.2. The molecule has 1 amide bonds. The molecule has 1 aromatic carbocycles. The van der Waals surface area contributed by atoms with Gasteiger partial charge in [-0.15, -0.1) is 0 Å². The topological polar surface area (TPSA) is 81.2 Å². The zero-order chi connectivity index (χ0) is 15.4. The summed E-state index contributed by atoms with van der Waals surface area (Å²) in [6.45, 7) is 5.65. The summed E-state index contributed by atoms with van der Waals surface area (Å²) < 4.78 is 5.32. The number of nitrogens with two attached hydrogens (primary N) is 1. The monoisotopic (exact) mass is 283 g/mol. The van der Waals surface area contributed by atoms with Crippen LogP contribution in [-0.2, 0) is 0 Å². The van der Waals surface area contributed by atoms with Gasteiger partial charge in [0.1, 0.15) is 0 Å². The van der Waals surface area contributed by atoms with E-state index in [1.165, 1.54) is 0 Å². The van der Waals surface area contributed by atoms with Crippen LogP contribution in [0.2, 0.25) is 0 Å². The van der Waals surface area contributed by atoms with Gasteiger partial charge in [0.05, 0.1) is 12.2 Å². The molecule has 21 heavy (non-hydrogen) atoms. The van der Waals surface area contributed by atoms with E-state index in [0.29, 0.717) is 23.8 Å². The third-order valence-corrected chi connectivity index (χ3v) is 2.93. The van der Waals surface area contributed by atoms with Gasteiger partial charge in [0, 0.05) is 18.2 Å². The molecule has 0 unspecified atom stereocenters. The lowest BCUT2D eigenvalue weighted by atomic mass is 10.1. The number of oxazole rings is 1. The minimum atomic E-state index is -0.319. The summed E-state index contributed by atoms with van der Waals surface area (Å²) in [6, 6.07) is 5.60. The minimum absolute atomic E-state index is 0.227. The zero-order valence-electron chi connectivity index (χ0n) is 12.3. The van der Waals surface area contributed by atoms with Crippen LogP contribution in [0.25, 0.3) is 0 Å². The van der Waals surface area contributed by atoms with E-state index in [4.69, 9.17) is 10.2 Å². The standard InChI is InChI=1S/C16H17N3O2/c1-10-6-7-13(5-4-8-17)9-14(10)19-16(20)15-11(2)18-12(3)21-15/h6-7,9H,8,17H2,1-3H3,(H,19,20). The number of amides is 1. The van der Waals surface area contributed by atoms with E-state index in [-0.39, 0.29) is 11.7 Å². The molecule has 0 bridgehead atoms. The fourth-order valence-corrected chi connectivity index (χ4v) is 1.91. The normalized spacial score (nSPS) is 9.90. The molecule has 0 aliphatic rings. The highest BCUT2D eigenvalue weighted by molar-refractivity contribution is 6.03. The largest absolute Gasteiger partial charge is 0.436 e. The number of aromatic nitrogens is 1. The summed E-state index contributed by atoms with van der Waals surface area (Å²) in [6.07, 6.45) is 0. The molecule has 0 fully saturated rings. The predicted octanol–water partition coefficient (Wildman–Crippen LogP) is 2.16. The highest BCUT2D eigenvalue weighted by Crippen LogP contribution is 2.19. The Morgan fingerprint density at radius 3 is 2.76 bits per heavy atom. The molecule has 0 aliphatic carbocycles. The first-order valence-electron chi connectivity index (χ1n) is 6.56. The quantitative estimate of drug-likeness (QED) is 0.828. The number of benzene rings is 1. The summed E-state index contributed by atoms with van der Waals surface area (Å²) in [5, 5.41) is 2.83. The molecule has 0 aliphatic heterocycles. The SMILES string of the molecule is Cc1nc(C)c(C(=O)Nc2cc(C#CCN)ccc2C)o1. The highest BCUT2D eigenvalue weighted by atomic mass is 16.4. The summed E-state index contributed by atoms with van der Waals surface area (Å²) in [4.78, 5) is 16.3. The van der Waals surface area contributed by atoms with Crippen LogP contribution >= 0.6 is 0 Å². The second-order valence-electron chi connectivity index (χ2n) is 4.64. The van der Waals surface area contributed by atoms with Gasteiger partial charge in [-0.25, -0.2) is 4.98 Å². The third kappa shape index (κ3) is 3.50. The number of carbonyl (C=O) groups excluding carboxylic acids is 1. The van der Waals surface area contributed by atoms with Crippen molar-refractivity contribution in [2.24, 2.45) is 5.73 Å². The second kappa shape index (κ2) is 6.25. The molecule has 108 valence electrons. The second-order valence-corrected chi connectivity index (χ2v) is 4.64. The van der Waals surface area contributed by atoms with E-state index in [1.807, 2.05) is 25.1 Å². The molecule has 2 rings (SSSR count). The van der Waals surface area contributed by atoms with Crippen molar-refractivity contribution < 1.29 is 9.21 Å². The van der Waals surface area contributed by atoms with Gasteiger partial charge in [-0.2, -0.15) is 0 Å². The average molecular weight is 283 g/mol. The zero-order valence-corrected chi connectivity index (χ0v) is 12.3. The van der Waals surface area contributed by atoms with Crippen LogP contribution in [-0.4, -0.2) is 17.4 Å². The number of hydrogen-bond acceptors (Lipinski definition) is 4. The van der Waals surface area contributed by atoms with Crippen molar-refractivity contribution in [1.29, 1.82) is 0 Å². The summed E-state index contributed by atoms with van der Waals surface area (Å²) in [5.41, 5.74) is 8.36. The molecular formula is C16H17N3O2. The minimum Gasteiger partial charge on any atom is -0.436 e. The lowest BCUT2D eigenvalue weighted by Crippen LogP contribution is -2.13. The summed E-state index contributed by atoms with van der Waals surface area (Å²) in [5.74, 6) is 6.10. The Morgan fingerprint density at radius 2 is 2.14 bits per heavy atom. The lowest BCUT2D eigenvalue weighted by Gasteiger charge is -2.07. The molecular weight excluding hydrogens is 266 g/mol. The van der Waals surface area contributed by atoms with Crippen LogP contribution < -0.4 is 11.1 Å². The average Bonchev–Trinajstić information content (AvgIpc) is 2.78. The van der Waals surface area contributed by atoms with Gasteiger partial charge in [-0.05, 0) is 31.5 Å². The highest BCUT2D eigenvalue weighted by Gasteiger charge is 2.16. The van der Waals surface area contributed by atoms with Crippen LogP contribution in [0.4, 0.5) is 5.69 Å². The smallest absolute Gasteiger partial charge is 0.293 e. The Morgan fingerprint density at radius 1 is 1.38 bits per heavy atom. The summed E-state index contributed by atoms with van der Waals surface area (Å²) >= 11 is 0. The Bertz CT molecular complexity index is 736. The molecule has 3 N–H and O–H groups in total. The van der Waals surface area contributed by atoms with Crippen molar-refractivity contribution in [3.8, 4) is 11.8 Å². The van der Waals surface area contributed by atoms with Crippen molar-refractivity contribution in [2.75, 3.05) is 11.9 Å². The molecule has 5 heteroatoms. The van der Waals surface area contributed by atoms with Crippen molar-refractivity contribution in [2.45, 2.75) is 20.8 Å². The molecule has 0 saturated carbocycles. The summed E-state index contributed by atoms with van der Waals surface area (Å²) in [7, 11) is 0. The number of anilines is 1. The maximum atomic E-state index is 12.2. The Balaban J connectivity index is 2.26. The van der Waals surface area contributed by atoms with Crippen LogP contribution in [0.1, 0.15) is 33.3 Å². The van der Waals surface area contributed by atoms with Gasteiger partial charge in [0.25, 0.3) is 5.91 Å². The van der Waals surface area contributed by atoms with Crippen LogP contribution in [0, 0.1) is 32.6 Å². The Labute approximate surface area is 123 Å². The molecule has 0 radical (unpaired) electrons. The van der Waals surface area contributed by atoms with E-state index in [1.54, 1.807) is 13.8 Å². The molecule has 1 heterocycles. The molecule has 5 nitrogen and oxygen atoms in total. The van der Waals surface area contributed by atoms with Crippen LogP contribution in [0.15, 0.2) is 22.6 Å². The Kier molecular flexibility index (Phi) is 4.41. The van der Waals surface area contributed by atoms with Gasteiger partial charge >= 0.3 is 0 Å². The van der Waals surface area contributed by atoms with Crippen molar-refractivity contribution in [3.63, 3.8) is 0 Å². The van der Waals surface area contributed by atoms with E-state index in [9.17, 15) is 4.79 Å². The van der Waals surface area contributed by atoms with Crippen molar-refractivity contribution >= 4 is 11.6 Å². The number of rotatable bonds is 2. The molecule has 0 saturated heterocycles. The van der Waals surface area contributed by atoms with Gasteiger partial charge < -0.3 is 15.5 Å². The fourth-order valence-electron chi connectivity index (χ4n) is 1.91. The fraction of sp³-hybridized carbons (Fsp3) is 0.250. The molecule has 1 aromatic heterocycles. The lowest BCUT2D eigenvalue weighted by molar-refractivity contribution is 0.0994. The van der Waals surface area contributed by atoms with E-state index >= 15 is 0 Å². The van der Waals surface area contributed by atoms with Gasteiger partial charge in [0.2, 0.25) is 5.76 Å². The number of hydrogen-bond donors (Lipinski definition) is 2. The van der Waals surface area contributed by atoms with Crippen molar-refractivity contribution in [1.82, 2.24) is 4.98 Å². The Hall–Kier alpha value is -2.58. The number of nitrogens with one attached hydrogen (secondary N) is 1. The van der Waals surface area contributed by atoms with Gasteiger partial charge in [-0.1, -0.05) is 17.9 Å². The molecule has 2 aromatic rings. The maximum Gasteiger partial charge on any atom is 0.293 e. The number of nitrogens with zero attached hydrogens (tertiary/aromatic N) is 1. The van der Waals surface area contributed by atoms with Gasteiger partial charge in [0.15, 0.2) is 5.89 Å². The van der Waals surface area contributed by atoms with E-state index < -0.39 is 0 Å². The van der Waals surface area contributed by atoms with E-state index in [2.05, 4.69) is 22.1 Å². The molecule has 0 spiro atoms. The first-order valence-corrected chi connectivity index (χ1v) is 6.56. The third-order valence-electron chi connectivity index (χ3n) is 2.93. The van der Waals surface area contributed by atoms with Crippen molar-refractivity contribution in [3.05, 3.63) is 46.7 Å². The molecule has 0 atom stereocenters. The van der Waals surface area contributed by atoms with Crippen LogP contribution in [0.3, 0.4) is 0 Å². The van der Waals surface area contributed by atoms with Gasteiger partial charge in [-0.3, -0.25) is 4.79 Å². The first-order chi connectivity index (χ1) is 10.0. The van der Waals surface area contributed by atoms with Crippen LogP contribution in [0.5, 0.6) is 0 Å². The number of aryl methyl sites for hydroxylation is 3. The number of carbonyl (C=O) groups is 1. The first kappa shape index (κ1) is 14.8.